The van der Waals surface area contributed by atoms with Crippen LogP contribution in [-0.4, -0.2) is 44.9 Å². The average Bonchev–Trinajstić information content (AvgIpc) is 4.05. The highest BCUT2D eigenvalue weighted by Crippen LogP contribution is 2.93. The van der Waals surface area contributed by atoms with Gasteiger partial charge >= 0.3 is 0 Å². The lowest BCUT2D eigenvalue weighted by Crippen LogP contribution is -2.59. The van der Waals surface area contributed by atoms with Crippen molar-refractivity contribution < 1.29 is 9.47 Å². The molecular formula is C52H61NO2. The number of rotatable bonds is 7. The van der Waals surface area contributed by atoms with Crippen molar-refractivity contribution in [3.63, 3.8) is 0 Å². The molecule has 17 aliphatic rings. The number of allylic oxidation sites excluding steroid dienone is 3. The van der Waals surface area contributed by atoms with Gasteiger partial charge in [0.25, 0.3) is 0 Å². The highest BCUT2D eigenvalue weighted by molar-refractivity contribution is 5.56. The zero-order chi connectivity index (χ0) is 34.7. The number of ether oxygens (including phenoxy) is 2. The van der Waals surface area contributed by atoms with Gasteiger partial charge in [-0.2, -0.15) is 0 Å². The van der Waals surface area contributed by atoms with E-state index in [1.165, 1.54) is 49.0 Å². The van der Waals surface area contributed by atoms with Gasteiger partial charge < -0.3 is 9.47 Å². The molecule has 1 spiro atoms. The van der Waals surface area contributed by atoms with Gasteiger partial charge in [-0.05, 0) is 199 Å². The summed E-state index contributed by atoms with van der Waals surface area (Å²) in [5, 5.41) is 0. The second kappa shape index (κ2) is 9.16. The molecule has 1 aromatic rings. The Labute approximate surface area is 328 Å². The zero-order valence-corrected chi connectivity index (χ0v) is 32.9. The van der Waals surface area contributed by atoms with Crippen LogP contribution in [0.2, 0.25) is 0 Å². The highest BCUT2D eigenvalue weighted by Gasteiger charge is 2.88. The third-order valence-corrected chi connectivity index (χ3v) is 25.0. The summed E-state index contributed by atoms with van der Waals surface area (Å²) in [5.74, 6) is 28.1. The summed E-state index contributed by atoms with van der Waals surface area (Å²) in [6.07, 6.45) is 12.9. The van der Waals surface area contributed by atoms with Crippen molar-refractivity contribution in [2.45, 2.75) is 57.4 Å². The minimum atomic E-state index is 0.427. The van der Waals surface area contributed by atoms with Crippen LogP contribution in [0, 0.1) is 159 Å². The predicted octanol–water partition coefficient (Wildman–Crippen LogP) is 8.65. The molecule has 0 N–H and O–H groups in total. The van der Waals surface area contributed by atoms with Gasteiger partial charge in [0.1, 0.15) is 0 Å². The van der Waals surface area contributed by atoms with Crippen LogP contribution in [0.1, 0.15) is 63.0 Å². The first kappa shape index (κ1) is 29.7. The van der Waals surface area contributed by atoms with E-state index in [0.29, 0.717) is 18.1 Å². The second-order valence-electron chi connectivity index (χ2n) is 24.7. The van der Waals surface area contributed by atoms with Crippen molar-refractivity contribution in [3.05, 3.63) is 58.2 Å². The van der Waals surface area contributed by atoms with E-state index in [9.17, 15) is 0 Å². The van der Waals surface area contributed by atoms with Crippen molar-refractivity contribution in [3.8, 4) is 0 Å². The van der Waals surface area contributed by atoms with Gasteiger partial charge in [0.2, 0.25) is 0 Å². The fourth-order valence-corrected chi connectivity index (χ4v) is 26.3. The molecule has 0 aromatic heterocycles. The van der Waals surface area contributed by atoms with Crippen LogP contribution in [0.5, 0.6) is 0 Å². The third-order valence-electron chi connectivity index (χ3n) is 25.0. The quantitative estimate of drug-likeness (QED) is 0.207. The number of methoxy groups -OCH3 is 1. The average molecular weight is 732 g/mol. The van der Waals surface area contributed by atoms with Crippen molar-refractivity contribution in [2.24, 2.45) is 159 Å². The van der Waals surface area contributed by atoms with Crippen LogP contribution < -0.4 is 0 Å². The maximum absolute atomic E-state index is 6.37. The summed E-state index contributed by atoms with van der Waals surface area (Å²) in [7, 11) is 1.82. The summed E-state index contributed by atoms with van der Waals surface area (Å²) in [6, 6.07) is 12.9. The molecule has 28 unspecified atom stereocenters. The van der Waals surface area contributed by atoms with E-state index in [4.69, 9.17) is 9.47 Å². The Hall–Kier alpha value is -1.42. The topological polar surface area (TPSA) is 21.7 Å². The van der Waals surface area contributed by atoms with Gasteiger partial charge in [-0.3, -0.25) is 4.90 Å². The largest absolute Gasteiger partial charge is 0.382 e. The summed E-state index contributed by atoms with van der Waals surface area (Å²) >= 11 is 0. The molecule has 1 aromatic carbocycles. The van der Waals surface area contributed by atoms with E-state index >= 15 is 0 Å². The Morgan fingerprint density at radius 3 is 2.04 bits per heavy atom. The summed E-state index contributed by atoms with van der Waals surface area (Å²) < 4.78 is 11.8. The summed E-state index contributed by atoms with van der Waals surface area (Å²) in [6.45, 7) is 4.69. The van der Waals surface area contributed by atoms with E-state index in [2.05, 4.69) is 57.5 Å². The lowest BCUT2D eigenvalue weighted by Gasteiger charge is -2.62. The first-order valence-corrected chi connectivity index (χ1v) is 24.6. The highest BCUT2D eigenvalue weighted by atomic mass is 16.5. The van der Waals surface area contributed by atoms with E-state index in [-0.39, 0.29) is 0 Å². The Morgan fingerprint density at radius 2 is 1.25 bits per heavy atom. The van der Waals surface area contributed by atoms with Gasteiger partial charge in [0.05, 0.1) is 19.8 Å². The van der Waals surface area contributed by atoms with Gasteiger partial charge in [-0.1, -0.05) is 52.6 Å². The third kappa shape index (κ3) is 2.76. The lowest BCUT2D eigenvalue weighted by atomic mass is 9.41. The predicted molar refractivity (Wildman–Crippen MR) is 208 cm³/mol. The number of hydrogen-bond acceptors (Lipinski definition) is 3. The normalized spacial score (nSPS) is 66.5. The molecule has 1 saturated heterocycles. The van der Waals surface area contributed by atoms with Crippen LogP contribution in [0.25, 0.3) is 0 Å². The van der Waals surface area contributed by atoms with Crippen molar-refractivity contribution in [2.75, 3.05) is 40.0 Å². The summed E-state index contributed by atoms with van der Waals surface area (Å²) in [5.41, 5.74) is 10.8. The van der Waals surface area contributed by atoms with Crippen molar-refractivity contribution >= 4 is 0 Å². The minimum absolute atomic E-state index is 0.427. The molecule has 16 aliphatic carbocycles. The molecule has 28 atom stereocenters. The molecule has 55 heavy (non-hydrogen) atoms. The number of nitrogens with zero attached hydrogens (tertiary/aromatic N) is 1. The van der Waals surface area contributed by atoms with Gasteiger partial charge in [-0.15, -0.1) is 0 Å². The minimum Gasteiger partial charge on any atom is -0.382 e. The fourth-order valence-electron chi connectivity index (χ4n) is 26.3. The van der Waals surface area contributed by atoms with Gasteiger partial charge in [-0.25, -0.2) is 0 Å². The summed E-state index contributed by atoms with van der Waals surface area (Å²) in [4.78, 5) is 3.07. The first-order chi connectivity index (χ1) is 27.3. The maximum atomic E-state index is 6.37. The molecule has 14 fully saturated rings. The molecule has 0 radical (unpaired) electrons. The first-order valence-electron chi connectivity index (χ1n) is 24.6. The molecule has 1 aliphatic heterocycles. The Morgan fingerprint density at radius 1 is 0.618 bits per heavy atom. The SMILES string of the molecule is COCCOCCN1CC2C3=C4C5C6=C(C3)CC3CC7CC8CC9CC%10CC%11CC2(C2C4C4C5C5C(C63)C7C3C8C9C6C%10C(C4C6C35)C%112)C1c1ccccc1. The number of hydrogen-bond donors (Lipinski definition) is 0. The van der Waals surface area contributed by atoms with Crippen LogP contribution >= 0.6 is 0 Å². The van der Waals surface area contributed by atoms with Crippen LogP contribution in [0.4, 0.5) is 0 Å². The second-order valence-corrected chi connectivity index (χ2v) is 24.7. The molecule has 18 rings (SSSR count). The fraction of sp³-hybridized carbons (Fsp3) is 0.808. The monoisotopic (exact) mass is 731 g/mol. The van der Waals surface area contributed by atoms with E-state index in [1.54, 1.807) is 44.1 Å². The van der Waals surface area contributed by atoms with E-state index < -0.39 is 0 Å². The standard InChI is InChI=1S/C52H61NO2/c1-54-9-10-55-8-7-53-19-29-28-17-26-15-23-13-24-12-21-11-22-14-25-16-27-18-52(29,51(53)20-5-3-2-4-6-20)50-36(27)41-35(25)40-31(22)30(21)38-34(24)39-32(23)33(26)42-37(28)49(50)48-46(41)44(40)43(38)45(39)47(42)48/h2-6,21-25,27,29-32,34-36,38-51H,7-19H2,1H3. The molecule has 3 nitrogen and oxygen atoms in total. The maximum Gasteiger partial charge on any atom is 0.0700 e. The van der Waals surface area contributed by atoms with Crippen molar-refractivity contribution in [1.29, 1.82) is 0 Å². The van der Waals surface area contributed by atoms with Crippen LogP contribution in [0.15, 0.2) is 52.6 Å². The Balaban J connectivity index is 0.913. The molecule has 1 heterocycles. The lowest BCUT2D eigenvalue weighted by molar-refractivity contribution is -0.149. The Kier molecular flexibility index (Phi) is 4.95. The Bertz CT molecular complexity index is 2070. The molecular weight excluding hydrogens is 671 g/mol. The molecule has 3 heteroatoms. The molecule has 0 bridgehead atoms. The van der Waals surface area contributed by atoms with Crippen LogP contribution in [0.3, 0.4) is 0 Å². The van der Waals surface area contributed by atoms with Crippen molar-refractivity contribution in [1.82, 2.24) is 4.90 Å². The molecule has 0 amide bonds. The number of benzene rings is 1. The number of fused-ring (bicyclic) bond motifs is 1. The van der Waals surface area contributed by atoms with Gasteiger partial charge in [0, 0.05) is 43.5 Å². The van der Waals surface area contributed by atoms with E-state index in [1.807, 2.05) is 7.11 Å². The van der Waals surface area contributed by atoms with E-state index in [0.717, 1.165) is 144 Å². The van der Waals surface area contributed by atoms with Gasteiger partial charge in [0.15, 0.2) is 0 Å². The molecule has 286 valence electrons. The number of likely N-dealkylation sites (tertiary alicyclic amines) is 1. The smallest absolute Gasteiger partial charge is 0.0700 e. The zero-order valence-electron chi connectivity index (χ0n) is 32.9. The molecule has 13 saturated carbocycles. The van der Waals surface area contributed by atoms with Crippen LogP contribution in [-0.2, 0) is 9.47 Å².